The summed E-state index contributed by atoms with van der Waals surface area (Å²) >= 11 is 10.8. The van der Waals surface area contributed by atoms with Gasteiger partial charge in [-0.2, -0.15) is 21.4 Å². The third-order valence-electron chi connectivity index (χ3n) is 3.18. The molecule has 0 aromatic heterocycles. The molecule has 3 nitrogen and oxygen atoms in total. The van der Waals surface area contributed by atoms with E-state index in [1.165, 1.54) is 12.1 Å². The predicted molar refractivity (Wildman–Crippen MR) is 109 cm³/mol. The average Bonchev–Trinajstić information content (AvgIpc) is 2.45. The number of thiol groups is 1. The molecule has 0 saturated carbocycles. The number of rotatable bonds is 4. The van der Waals surface area contributed by atoms with Crippen LogP contribution < -0.4 is 0 Å². The van der Waals surface area contributed by atoms with Crippen LogP contribution in [-0.4, -0.2) is 68.9 Å². The first kappa shape index (κ1) is 26.8. The van der Waals surface area contributed by atoms with E-state index in [4.69, 9.17) is 9.79 Å². The molecule has 2 N–H and O–H groups in total. The summed E-state index contributed by atoms with van der Waals surface area (Å²) in [5, 5.41) is -0.364. The molecule has 0 heterocycles. The normalized spacial score (nSPS) is 12.8. The molecule has 0 saturated heterocycles. The molecule has 2 rings (SSSR count). The van der Waals surface area contributed by atoms with Gasteiger partial charge in [-0.1, -0.05) is 56.1 Å². The first-order chi connectivity index (χ1) is 10.5. The Morgan fingerprint density at radius 1 is 1.00 bits per heavy atom. The molecular formula is C14H13Br2F2Na2O3PS. The van der Waals surface area contributed by atoms with Crippen molar-refractivity contribution < 1.29 is 23.1 Å². The molecule has 128 valence electrons. The zero-order chi connectivity index (χ0) is 17.4. The van der Waals surface area contributed by atoms with Gasteiger partial charge in [-0.05, 0) is 29.3 Å². The second-order valence-corrected chi connectivity index (χ2v) is 8.71. The fraction of sp³-hybridized carbons (Fsp3) is 0.143. The van der Waals surface area contributed by atoms with Crippen LogP contribution in [0.2, 0.25) is 0 Å². The molecule has 2 aromatic carbocycles. The second kappa shape index (κ2) is 10.5. The Kier molecular flexibility index (Phi) is 11.3. The number of halogens is 4. The van der Waals surface area contributed by atoms with Crippen molar-refractivity contribution in [2.75, 3.05) is 0 Å². The topological polar surface area (TPSA) is 57.5 Å². The quantitative estimate of drug-likeness (QED) is 0.313. The van der Waals surface area contributed by atoms with Crippen molar-refractivity contribution in [3.05, 3.63) is 68.1 Å². The summed E-state index contributed by atoms with van der Waals surface area (Å²) in [6.45, 7) is 0. The average molecular weight is 536 g/mol. The molecule has 0 fully saturated rings. The molecule has 0 spiro atoms. The predicted octanol–water partition coefficient (Wildman–Crippen LogP) is 4.16. The summed E-state index contributed by atoms with van der Waals surface area (Å²) in [4.78, 5) is 17.7. The van der Waals surface area contributed by atoms with Gasteiger partial charge >= 0.3 is 72.4 Å². The number of hydrogen-bond acceptors (Lipinski definition) is 2. The van der Waals surface area contributed by atoms with Crippen molar-refractivity contribution in [1.82, 2.24) is 0 Å². The van der Waals surface area contributed by atoms with Gasteiger partial charge in [0, 0.05) is 14.5 Å². The molecule has 1 unspecified atom stereocenters. The van der Waals surface area contributed by atoms with Crippen LogP contribution in [-0.2, 0) is 10.2 Å². The van der Waals surface area contributed by atoms with E-state index in [0.717, 1.165) is 16.1 Å². The van der Waals surface area contributed by atoms with E-state index >= 15 is 0 Å². The van der Waals surface area contributed by atoms with Crippen LogP contribution >= 0.6 is 52.1 Å². The van der Waals surface area contributed by atoms with Crippen LogP contribution in [0, 0.1) is 0 Å². The van der Waals surface area contributed by atoms with Gasteiger partial charge in [0.25, 0.3) is 0 Å². The summed E-state index contributed by atoms with van der Waals surface area (Å²) in [6, 6.07) is 11.1. The van der Waals surface area contributed by atoms with Gasteiger partial charge in [0.15, 0.2) is 0 Å². The molecule has 0 aliphatic heterocycles. The Morgan fingerprint density at radius 2 is 1.48 bits per heavy atom. The standard InChI is InChI=1S/C14H11Br2F2O3PS.2Na.2H/c15-10-4-1-8(2-5-10)13(23)9-3-6-11(12(16)7-9)14(17,18)22(19,20)21;;;;/h1-7,13,23H,(H2,19,20,21);;;;. The number of benzene rings is 2. The minimum absolute atomic E-state index is 0. The van der Waals surface area contributed by atoms with Crippen LogP contribution in [0.5, 0.6) is 0 Å². The Hall–Kier alpha value is 1.76. The monoisotopic (exact) mass is 534 g/mol. The van der Waals surface area contributed by atoms with Crippen LogP contribution in [0.15, 0.2) is 51.4 Å². The first-order valence-electron chi connectivity index (χ1n) is 6.21. The van der Waals surface area contributed by atoms with Crippen LogP contribution in [0.4, 0.5) is 8.78 Å². The molecule has 0 bridgehead atoms. The summed E-state index contributed by atoms with van der Waals surface area (Å²) < 4.78 is 39.4. The third kappa shape index (κ3) is 6.38. The Labute approximate surface area is 210 Å². The van der Waals surface area contributed by atoms with Gasteiger partial charge < -0.3 is 9.79 Å². The first-order valence-corrected chi connectivity index (χ1v) is 9.92. The third-order valence-corrected chi connectivity index (χ3v) is 5.94. The van der Waals surface area contributed by atoms with Gasteiger partial charge in [-0.3, -0.25) is 4.57 Å². The molecule has 0 amide bonds. The molecule has 11 heteroatoms. The SMILES string of the molecule is O=P(O)(O)C(F)(F)c1ccc(C(S)c2ccc(Br)cc2)cc1Br.[NaH].[NaH]. The maximum absolute atomic E-state index is 13.8. The summed E-state index contributed by atoms with van der Waals surface area (Å²) in [7, 11) is -5.61. The maximum atomic E-state index is 13.8. The number of hydrogen-bond donors (Lipinski definition) is 3. The molecule has 1 atom stereocenters. The fourth-order valence-electron chi connectivity index (χ4n) is 1.94. The van der Waals surface area contributed by atoms with E-state index in [1.54, 1.807) is 0 Å². The molecule has 0 aliphatic rings. The van der Waals surface area contributed by atoms with Gasteiger partial charge in [0.2, 0.25) is 0 Å². The van der Waals surface area contributed by atoms with E-state index in [2.05, 4.69) is 44.5 Å². The second-order valence-electron chi connectivity index (χ2n) is 4.78. The zero-order valence-corrected chi connectivity index (χ0v) is 16.3. The molecule has 2 aromatic rings. The zero-order valence-electron chi connectivity index (χ0n) is 11.3. The van der Waals surface area contributed by atoms with Gasteiger partial charge in [0.05, 0.1) is 5.25 Å². The van der Waals surface area contributed by atoms with E-state index < -0.39 is 18.8 Å². The summed E-state index contributed by atoms with van der Waals surface area (Å²) in [5.41, 5.74) is -3.54. The van der Waals surface area contributed by atoms with Crippen molar-refractivity contribution in [1.29, 1.82) is 0 Å². The van der Waals surface area contributed by atoms with E-state index in [-0.39, 0.29) is 68.8 Å². The number of alkyl halides is 2. The minimum atomic E-state index is -5.61. The van der Waals surface area contributed by atoms with Gasteiger partial charge in [0.1, 0.15) is 0 Å². The Morgan fingerprint density at radius 3 is 1.92 bits per heavy atom. The van der Waals surface area contributed by atoms with Crippen LogP contribution in [0.25, 0.3) is 0 Å². The van der Waals surface area contributed by atoms with Gasteiger partial charge in [-0.15, -0.1) is 0 Å². The van der Waals surface area contributed by atoms with Crippen molar-refractivity contribution in [2.45, 2.75) is 10.9 Å². The van der Waals surface area contributed by atoms with E-state index in [1.807, 2.05) is 24.3 Å². The molecule has 0 radical (unpaired) electrons. The van der Waals surface area contributed by atoms with Gasteiger partial charge in [-0.25, -0.2) is 0 Å². The van der Waals surface area contributed by atoms with Crippen molar-refractivity contribution in [3.8, 4) is 0 Å². The molecule has 0 aliphatic carbocycles. The van der Waals surface area contributed by atoms with Crippen molar-refractivity contribution >= 4 is 111 Å². The molecular weight excluding hydrogens is 523 g/mol. The Balaban J connectivity index is 0.00000288. The van der Waals surface area contributed by atoms with E-state index in [9.17, 15) is 13.3 Å². The Bertz CT molecular complexity index is 775. The molecule has 25 heavy (non-hydrogen) atoms. The summed E-state index contributed by atoms with van der Waals surface area (Å²) in [6.07, 6.45) is 0. The van der Waals surface area contributed by atoms with Crippen molar-refractivity contribution in [3.63, 3.8) is 0 Å². The van der Waals surface area contributed by atoms with Crippen molar-refractivity contribution in [2.24, 2.45) is 0 Å². The van der Waals surface area contributed by atoms with Crippen LogP contribution in [0.1, 0.15) is 21.9 Å². The summed E-state index contributed by atoms with van der Waals surface area (Å²) in [5.74, 6) is 0. The fourth-order valence-corrected chi connectivity index (χ4v) is 3.84. The van der Waals surface area contributed by atoms with E-state index in [0.29, 0.717) is 5.56 Å². The van der Waals surface area contributed by atoms with Crippen LogP contribution in [0.3, 0.4) is 0 Å².